The third-order valence-corrected chi connectivity index (χ3v) is 4.38. The van der Waals surface area contributed by atoms with Crippen molar-refractivity contribution in [1.82, 2.24) is 14.6 Å². The average molecular weight is 316 g/mol. The number of benzene rings is 1. The molecule has 116 valence electrons. The number of nitrogens with one attached hydrogen (secondary N) is 1. The van der Waals surface area contributed by atoms with E-state index in [-0.39, 0.29) is 0 Å². The van der Waals surface area contributed by atoms with Gasteiger partial charge in [-0.3, -0.25) is 0 Å². The quantitative estimate of drug-likeness (QED) is 0.705. The molecule has 6 heteroatoms. The van der Waals surface area contributed by atoms with Crippen molar-refractivity contribution < 1.29 is 4.74 Å². The SMILES string of the molecule is COCCNc1nn2cc(-c3ccc(C(C)C)cc3)nc2s1. The van der Waals surface area contributed by atoms with Crippen LogP contribution in [0.3, 0.4) is 0 Å². The number of methoxy groups -OCH3 is 1. The van der Waals surface area contributed by atoms with Crippen LogP contribution in [0.1, 0.15) is 25.3 Å². The lowest BCUT2D eigenvalue weighted by Gasteiger charge is -2.05. The summed E-state index contributed by atoms with van der Waals surface area (Å²) in [6, 6.07) is 8.58. The topological polar surface area (TPSA) is 51.5 Å². The summed E-state index contributed by atoms with van der Waals surface area (Å²) in [5.74, 6) is 0.543. The van der Waals surface area contributed by atoms with Crippen molar-refractivity contribution in [1.29, 1.82) is 0 Å². The molecule has 0 saturated heterocycles. The van der Waals surface area contributed by atoms with Crippen LogP contribution in [0, 0.1) is 0 Å². The summed E-state index contributed by atoms with van der Waals surface area (Å²) in [6.07, 6.45) is 1.97. The van der Waals surface area contributed by atoms with E-state index in [1.165, 1.54) is 5.56 Å². The fraction of sp³-hybridized carbons (Fsp3) is 0.375. The van der Waals surface area contributed by atoms with Crippen molar-refractivity contribution in [2.24, 2.45) is 0 Å². The van der Waals surface area contributed by atoms with Gasteiger partial charge in [0, 0.05) is 19.2 Å². The van der Waals surface area contributed by atoms with Crippen LogP contribution in [0.2, 0.25) is 0 Å². The summed E-state index contributed by atoms with van der Waals surface area (Å²) in [5, 5.41) is 8.57. The molecule has 0 aliphatic heterocycles. The molecule has 0 bridgehead atoms. The summed E-state index contributed by atoms with van der Waals surface area (Å²) in [5.41, 5.74) is 3.42. The maximum atomic E-state index is 5.01. The summed E-state index contributed by atoms with van der Waals surface area (Å²) in [7, 11) is 1.69. The molecule has 0 atom stereocenters. The first-order chi connectivity index (χ1) is 10.7. The number of rotatable bonds is 6. The van der Waals surface area contributed by atoms with Gasteiger partial charge >= 0.3 is 0 Å². The molecule has 2 heterocycles. The van der Waals surface area contributed by atoms with Crippen LogP contribution in [0.25, 0.3) is 16.2 Å². The molecule has 2 aromatic heterocycles. The molecule has 0 spiro atoms. The Hall–Kier alpha value is -1.92. The molecule has 0 aliphatic carbocycles. The van der Waals surface area contributed by atoms with E-state index >= 15 is 0 Å². The number of aromatic nitrogens is 3. The van der Waals surface area contributed by atoms with Gasteiger partial charge in [-0.1, -0.05) is 49.4 Å². The third kappa shape index (κ3) is 3.13. The predicted molar refractivity (Wildman–Crippen MR) is 90.8 cm³/mol. The molecule has 1 N–H and O–H groups in total. The lowest BCUT2D eigenvalue weighted by molar-refractivity contribution is 0.210. The molecule has 3 rings (SSSR count). The molecule has 0 unspecified atom stereocenters. The first-order valence-electron chi connectivity index (χ1n) is 7.36. The molecule has 22 heavy (non-hydrogen) atoms. The smallest absolute Gasteiger partial charge is 0.214 e. The van der Waals surface area contributed by atoms with Crippen molar-refractivity contribution in [3.8, 4) is 11.3 Å². The number of hydrogen-bond acceptors (Lipinski definition) is 5. The van der Waals surface area contributed by atoms with E-state index < -0.39 is 0 Å². The number of nitrogens with zero attached hydrogens (tertiary/aromatic N) is 3. The molecule has 0 saturated carbocycles. The molecule has 5 nitrogen and oxygen atoms in total. The fourth-order valence-corrected chi connectivity index (χ4v) is 3.02. The van der Waals surface area contributed by atoms with Crippen molar-refractivity contribution in [3.05, 3.63) is 36.0 Å². The first kappa shape index (κ1) is 15.0. The van der Waals surface area contributed by atoms with Gasteiger partial charge in [0.05, 0.1) is 18.5 Å². The number of anilines is 1. The normalized spacial score (nSPS) is 11.5. The van der Waals surface area contributed by atoms with E-state index in [0.717, 1.165) is 27.9 Å². The van der Waals surface area contributed by atoms with E-state index in [9.17, 15) is 0 Å². The molecular formula is C16H20N4OS. The van der Waals surface area contributed by atoms with E-state index in [1.807, 2.05) is 10.7 Å². The molecule has 0 fully saturated rings. The zero-order valence-electron chi connectivity index (χ0n) is 13.0. The minimum absolute atomic E-state index is 0.543. The number of fused-ring (bicyclic) bond motifs is 1. The Morgan fingerprint density at radius 2 is 2.05 bits per heavy atom. The monoisotopic (exact) mass is 316 g/mol. The lowest BCUT2D eigenvalue weighted by Crippen LogP contribution is -2.07. The summed E-state index contributed by atoms with van der Waals surface area (Å²) in [6.45, 7) is 5.80. The second-order valence-electron chi connectivity index (χ2n) is 5.46. The van der Waals surface area contributed by atoms with Gasteiger partial charge in [-0.2, -0.15) is 0 Å². The Bertz CT molecular complexity index is 714. The van der Waals surface area contributed by atoms with E-state index in [0.29, 0.717) is 12.5 Å². The van der Waals surface area contributed by atoms with Crippen LogP contribution in [-0.2, 0) is 4.74 Å². The molecule has 0 aliphatic rings. The highest BCUT2D eigenvalue weighted by Gasteiger charge is 2.09. The Morgan fingerprint density at radius 3 is 2.68 bits per heavy atom. The van der Waals surface area contributed by atoms with Crippen molar-refractivity contribution in [2.75, 3.05) is 25.6 Å². The molecule has 0 radical (unpaired) electrons. The van der Waals surface area contributed by atoms with Crippen LogP contribution >= 0.6 is 11.3 Å². The fourth-order valence-electron chi connectivity index (χ4n) is 2.21. The number of imidazole rings is 1. The zero-order valence-corrected chi connectivity index (χ0v) is 13.9. The van der Waals surface area contributed by atoms with Crippen molar-refractivity contribution in [3.63, 3.8) is 0 Å². The zero-order chi connectivity index (χ0) is 15.5. The van der Waals surface area contributed by atoms with Gasteiger partial charge < -0.3 is 10.1 Å². The maximum Gasteiger partial charge on any atom is 0.214 e. The van der Waals surface area contributed by atoms with Crippen molar-refractivity contribution in [2.45, 2.75) is 19.8 Å². The largest absolute Gasteiger partial charge is 0.383 e. The van der Waals surface area contributed by atoms with Gasteiger partial charge in [0.2, 0.25) is 10.1 Å². The summed E-state index contributed by atoms with van der Waals surface area (Å²) in [4.78, 5) is 5.55. The number of ether oxygens (including phenoxy) is 1. The lowest BCUT2D eigenvalue weighted by atomic mass is 10.0. The van der Waals surface area contributed by atoms with Crippen molar-refractivity contribution >= 4 is 21.4 Å². The van der Waals surface area contributed by atoms with Crippen LogP contribution < -0.4 is 5.32 Å². The standard InChI is InChI=1S/C16H20N4OS/c1-11(2)12-4-6-13(7-5-12)14-10-20-16(18-14)22-15(19-20)17-8-9-21-3/h4-7,10-11H,8-9H2,1-3H3,(H,17,19). The van der Waals surface area contributed by atoms with Gasteiger partial charge in [-0.15, -0.1) is 5.10 Å². The van der Waals surface area contributed by atoms with Gasteiger partial charge in [-0.05, 0) is 11.5 Å². The van der Waals surface area contributed by atoms with Crippen LogP contribution in [0.5, 0.6) is 0 Å². The van der Waals surface area contributed by atoms with Crippen LogP contribution in [0.15, 0.2) is 30.5 Å². The van der Waals surface area contributed by atoms with Gasteiger partial charge in [-0.25, -0.2) is 9.50 Å². The summed E-state index contributed by atoms with van der Waals surface area (Å²) < 4.78 is 6.84. The molecular weight excluding hydrogens is 296 g/mol. The molecule has 0 amide bonds. The molecule has 3 aromatic rings. The Morgan fingerprint density at radius 1 is 1.27 bits per heavy atom. The minimum atomic E-state index is 0.543. The highest BCUT2D eigenvalue weighted by molar-refractivity contribution is 7.20. The van der Waals surface area contributed by atoms with Crippen LogP contribution in [-0.4, -0.2) is 34.9 Å². The maximum absolute atomic E-state index is 5.01. The Kier molecular flexibility index (Phi) is 4.40. The van der Waals surface area contributed by atoms with E-state index in [1.54, 1.807) is 18.4 Å². The minimum Gasteiger partial charge on any atom is -0.383 e. The van der Waals surface area contributed by atoms with Gasteiger partial charge in [0.1, 0.15) is 0 Å². The number of hydrogen-bond donors (Lipinski definition) is 1. The molecule has 1 aromatic carbocycles. The highest BCUT2D eigenvalue weighted by atomic mass is 32.1. The van der Waals surface area contributed by atoms with Crippen LogP contribution in [0.4, 0.5) is 5.13 Å². The third-order valence-electron chi connectivity index (χ3n) is 3.50. The van der Waals surface area contributed by atoms with E-state index in [2.05, 4.69) is 53.5 Å². The van der Waals surface area contributed by atoms with Gasteiger partial charge in [0.15, 0.2) is 0 Å². The second-order valence-corrected chi connectivity index (χ2v) is 6.41. The predicted octanol–water partition coefficient (Wildman–Crippen LogP) is 3.64. The highest BCUT2D eigenvalue weighted by Crippen LogP contribution is 2.25. The Labute approximate surface area is 134 Å². The van der Waals surface area contributed by atoms with E-state index in [4.69, 9.17) is 4.74 Å². The average Bonchev–Trinajstić information content (AvgIpc) is 3.06. The summed E-state index contributed by atoms with van der Waals surface area (Å²) >= 11 is 1.55. The first-order valence-corrected chi connectivity index (χ1v) is 8.18. The second kappa shape index (κ2) is 6.46. The van der Waals surface area contributed by atoms with Gasteiger partial charge in [0.25, 0.3) is 0 Å². The Balaban J connectivity index is 1.78.